The molecule has 0 fully saturated rings. The van der Waals surface area contributed by atoms with Gasteiger partial charge in [0.2, 0.25) is 5.91 Å². The highest BCUT2D eigenvalue weighted by Crippen LogP contribution is 2.29. The Morgan fingerprint density at radius 2 is 1.71 bits per heavy atom. The lowest BCUT2D eigenvalue weighted by Crippen LogP contribution is -2.16. The molecule has 4 rings (SSSR count). The third kappa shape index (κ3) is 5.03. The predicted octanol–water partition coefficient (Wildman–Crippen LogP) is 5.42. The van der Waals surface area contributed by atoms with E-state index in [2.05, 4.69) is 41.3 Å². The Labute approximate surface area is 189 Å². The lowest BCUT2D eigenvalue weighted by atomic mass is 9.93. The van der Waals surface area contributed by atoms with Crippen LogP contribution >= 0.6 is 23.1 Å². The minimum absolute atomic E-state index is 0.0475. The van der Waals surface area contributed by atoms with Crippen LogP contribution in [0.2, 0.25) is 0 Å². The average Bonchev–Trinajstić information content (AvgIpc) is 3.40. The number of benzene rings is 2. The molecule has 0 radical (unpaired) electrons. The largest absolute Gasteiger partial charge is 0.301 e. The van der Waals surface area contributed by atoms with Gasteiger partial charge in [-0.1, -0.05) is 81.1 Å². The number of nitrogens with zero attached hydrogens (tertiary/aromatic N) is 4. The number of hydrogen-bond acceptors (Lipinski definition) is 6. The number of aromatic nitrogens is 4. The zero-order valence-electron chi connectivity index (χ0n) is 17.6. The van der Waals surface area contributed by atoms with Crippen LogP contribution in [0, 0.1) is 0 Å². The molecule has 2 heterocycles. The molecule has 1 amide bonds. The molecule has 0 spiro atoms. The number of carbonyl (C=O) groups is 1. The maximum atomic E-state index is 12.5. The summed E-state index contributed by atoms with van der Waals surface area (Å²) in [5.74, 6) is 0.831. The first-order chi connectivity index (χ1) is 14.9. The molecule has 0 aliphatic carbocycles. The van der Waals surface area contributed by atoms with Crippen molar-refractivity contribution in [1.29, 1.82) is 0 Å². The van der Waals surface area contributed by atoms with Crippen LogP contribution in [0.4, 0.5) is 5.13 Å². The second-order valence-electron chi connectivity index (χ2n) is 7.97. The van der Waals surface area contributed by atoms with Crippen molar-refractivity contribution in [2.24, 2.45) is 0 Å². The van der Waals surface area contributed by atoms with Gasteiger partial charge in [-0.3, -0.25) is 9.36 Å². The highest BCUT2D eigenvalue weighted by molar-refractivity contribution is 7.99. The fourth-order valence-corrected chi connectivity index (χ4v) is 4.61. The molecule has 0 saturated heterocycles. The van der Waals surface area contributed by atoms with Gasteiger partial charge < -0.3 is 5.32 Å². The Morgan fingerprint density at radius 3 is 2.35 bits per heavy atom. The Bertz CT molecular complexity index is 1160. The van der Waals surface area contributed by atoms with Gasteiger partial charge in [-0.2, -0.15) is 0 Å². The van der Waals surface area contributed by atoms with Crippen LogP contribution in [0.25, 0.3) is 17.1 Å². The van der Waals surface area contributed by atoms with Crippen LogP contribution in [0.1, 0.15) is 26.5 Å². The van der Waals surface area contributed by atoms with Gasteiger partial charge in [-0.05, 0) is 12.1 Å². The second-order valence-corrected chi connectivity index (χ2v) is 9.77. The summed E-state index contributed by atoms with van der Waals surface area (Å²) >= 11 is 2.79. The summed E-state index contributed by atoms with van der Waals surface area (Å²) in [6, 6.07) is 19.8. The summed E-state index contributed by atoms with van der Waals surface area (Å²) in [5, 5.41) is 14.9. The third-order valence-electron chi connectivity index (χ3n) is 4.53. The number of thiazole rings is 1. The maximum Gasteiger partial charge on any atom is 0.236 e. The molecule has 158 valence electrons. The smallest absolute Gasteiger partial charge is 0.236 e. The van der Waals surface area contributed by atoms with Crippen molar-refractivity contribution in [3.05, 3.63) is 71.7 Å². The minimum atomic E-state index is -0.122. The summed E-state index contributed by atoms with van der Waals surface area (Å²) in [7, 11) is 0. The SMILES string of the molecule is CC(C)(C)c1csc(NC(=O)CSc2nnc(-c3ccccc3)n2-c2ccccc2)n1. The van der Waals surface area contributed by atoms with E-state index in [0.29, 0.717) is 10.3 Å². The Kier molecular flexibility index (Phi) is 6.20. The second kappa shape index (κ2) is 9.03. The number of thioether (sulfide) groups is 1. The van der Waals surface area contributed by atoms with E-state index in [1.165, 1.54) is 23.1 Å². The summed E-state index contributed by atoms with van der Waals surface area (Å²) in [6.07, 6.45) is 0. The molecule has 0 saturated carbocycles. The van der Waals surface area contributed by atoms with Gasteiger partial charge in [0.25, 0.3) is 0 Å². The van der Waals surface area contributed by atoms with E-state index in [-0.39, 0.29) is 17.1 Å². The van der Waals surface area contributed by atoms with Crippen molar-refractivity contribution < 1.29 is 4.79 Å². The van der Waals surface area contributed by atoms with Gasteiger partial charge >= 0.3 is 0 Å². The fraction of sp³-hybridized carbons (Fsp3) is 0.217. The van der Waals surface area contributed by atoms with Crippen molar-refractivity contribution in [3.8, 4) is 17.1 Å². The van der Waals surface area contributed by atoms with Crippen molar-refractivity contribution in [2.75, 3.05) is 11.1 Å². The van der Waals surface area contributed by atoms with E-state index in [9.17, 15) is 4.79 Å². The molecule has 1 N–H and O–H groups in total. The molecule has 0 aliphatic rings. The maximum absolute atomic E-state index is 12.5. The normalized spacial score (nSPS) is 11.5. The van der Waals surface area contributed by atoms with Crippen molar-refractivity contribution in [2.45, 2.75) is 31.3 Å². The average molecular weight is 450 g/mol. The van der Waals surface area contributed by atoms with Gasteiger partial charge in [0.05, 0.1) is 11.4 Å². The molecule has 0 aliphatic heterocycles. The van der Waals surface area contributed by atoms with Gasteiger partial charge in [0, 0.05) is 22.0 Å². The third-order valence-corrected chi connectivity index (χ3v) is 6.22. The van der Waals surface area contributed by atoms with Gasteiger partial charge in [-0.25, -0.2) is 4.98 Å². The van der Waals surface area contributed by atoms with Crippen LogP contribution in [-0.2, 0) is 10.2 Å². The Hall–Kier alpha value is -2.97. The molecule has 4 aromatic rings. The number of nitrogens with one attached hydrogen (secondary N) is 1. The molecule has 2 aromatic carbocycles. The monoisotopic (exact) mass is 449 g/mol. The van der Waals surface area contributed by atoms with Crippen LogP contribution in [0.15, 0.2) is 71.2 Å². The highest BCUT2D eigenvalue weighted by atomic mass is 32.2. The van der Waals surface area contributed by atoms with Gasteiger partial charge in [0.15, 0.2) is 16.1 Å². The first-order valence-electron chi connectivity index (χ1n) is 9.87. The quantitative estimate of drug-likeness (QED) is 0.398. The summed E-state index contributed by atoms with van der Waals surface area (Å²) in [6.45, 7) is 6.30. The van der Waals surface area contributed by atoms with Crippen LogP contribution in [0.5, 0.6) is 0 Å². The van der Waals surface area contributed by atoms with Crippen molar-refractivity contribution in [1.82, 2.24) is 19.7 Å². The number of para-hydroxylation sites is 1. The molecule has 6 nitrogen and oxygen atoms in total. The van der Waals surface area contributed by atoms with Crippen LogP contribution in [-0.4, -0.2) is 31.4 Å². The summed E-state index contributed by atoms with van der Waals surface area (Å²) in [4.78, 5) is 17.1. The predicted molar refractivity (Wildman–Crippen MR) is 127 cm³/mol. The van der Waals surface area contributed by atoms with E-state index >= 15 is 0 Å². The first-order valence-corrected chi connectivity index (χ1v) is 11.7. The molecule has 0 atom stereocenters. The lowest BCUT2D eigenvalue weighted by Gasteiger charge is -2.14. The molecule has 0 bridgehead atoms. The van der Waals surface area contributed by atoms with E-state index in [1.54, 1.807) is 0 Å². The van der Waals surface area contributed by atoms with Crippen molar-refractivity contribution >= 4 is 34.1 Å². The standard InChI is InChI=1S/C23H23N5OS2/c1-23(2,3)18-14-30-21(24-18)25-19(29)15-31-22-27-26-20(16-10-6-4-7-11-16)28(22)17-12-8-5-9-13-17/h4-14H,15H2,1-3H3,(H,24,25,29). The first kappa shape index (κ1) is 21.3. The van der Waals surface area contributed by atoms with E-state index in [0.717, 1.165) is 22.8 Å². The van der Waals surface area contributed by atoms with E-state index in [4.69, 9.17) is 0 Å². The van der Waals surface area contributed by atoms with Gasteiger partial charge in [0.1, 0.15) is 0 Å². The topological polar surface area (TPSA) is 72.7 Å². The molecule has 8 heteroatoms. The number of carbonyl (C=O) groups excluding carboxylic acids is 1. The zero-order chi connectivity index (χ0) is 21.8. The van der Waals surface area contributed by atoms with Gasteiger partial charge in [-0.15, -0.1) is 21.5 Å². The summed E-state index contributed by atoms with van der Waals surface area (Å²) in [5.41, 5.74) is 2.84. The number of anilines is 1. The number of rotatable bonds is 6. The van der Waals surface area contributed by atoms with E-state index < -0.39 is 0 Å². The molecular formula is C23H23N5OS2. The van der Waals surface area contributed by atoms with Crippen LogP contribution in [0.3, 0.4) is 0 Å². The van der Waals surface area contributed by atoms with Crippen molar-refractivity contribution in [3.63, 3.8) is 0 Å². The molecule has 2 aromatic heterocycles. The fourth-order valence-electron chi connectivity index (χ4n) is 2.91. The summed E-state index contributed by atoms with van der Waals surface area (Å²) < 4.78 is 1.98. The molecule has 0 unspecified atom stereocenters. The zero-order valence-corrected chi connectivity index (χ0v) is 19.2. The number of amides is 1. The minimum Gasteiger partial charge on any atom is -0.301 e. The Morgan fingerprint density at radius 1 is 1.03 bits per heavy atom. The highest BCUT2D eigenvalue weighted by Gasteiger charge is 2.19. The Balaban J connectivity index is 1.53. The molecular weight excluding hydrogens is 426 g/mol. The lowest BCUT2D eigenvalue weighted by molar-refractivity contribution is -0.113. The molecule has 31 heavy (non-hydrogen) atoms. The van der Waals surface area contributed by atoms with E-state index in [1.807, 2.05) is 70.6 Å². The number of hydrogen-bond donors (Lipinski definition) is 1. The van der Waals surface area contributed by atoms with Crippen LogP contribution < -0.4 is 5.32 Å².